The summed E-state index contributed by atoms with van der Waals surface area (Å²) in [6.45, 7) is 2.98. The molecule has 1 unspecified atom stereocenters. The van der Waals surface area contributed by atoms with E-state index < -0.39 is 15.5 Å². The van der Waals surface area contributed by atoms with Crippen molar-refractivity contribution in [1.82, 2.24) is 0 Å². The van der Waals surface area contributed by atoms with Gasteiger partial charge in [0.15, 0.2) is 0 Å². The molecule has 3 nitrogen and oxygen atoms in total. The van der Waals surface area contributed by atoms with Crippen LogP contribution in [0.2, 0.25) is 0 Å². The van der Waals surface area contributed by atoms with Crippen molar-refractivity contribution in [2.45, 2.75) is 32.4 Å². The Balaban J connectivity index is 4.02. The van der Waals surface area contributed by atoms with E-state index in [9.17, 15) is 12.8 Å². The van der Waals surface area contributed by atoms with Crippen LogP contribution in [0.1, 0.15) is 26.7 Å². The summed E-state index contributed by atoms with van der Waals surface area (Å²) in [5, 5.41) is 0. The van der Waals surface area contributed by atoms with Crippen molar-refractivity contribution in [2.75, 3.05) is 18.1 Å². The molecule has 0 amide bonds. The van der Waals surface area contributed by atoms with Crippen molar-refractivity contribution in [3.8, 4) is 0 Å². The van der Waals surface area contributed by atoms with Crippen LogP contribution in [0.5, 0.6) is 0 Å². The zero-order chi connectivity index (χ0) is 10.5. The molecule has 0 aliphatic carbocycles. The first-order valence-electron chi connectivity index (χ1n) is 4.42. The van der Waals surface area contributed by atoms with E-state index in [2.05, 4.69) is 0 Å². The Morgan fingerprint density at radius 2 is 1.92 bits per heavy atom. The van der Waals surface area contributed by atoms with Gasteiger partial charge >= 0.3 is 0 Å². The molecule has 0 fully saturated rings. The first kappa shape index (κ1) is 12.8. The van der Waals surface area contributed by atoms with Crippen molar-refractivity contribution >= 4 is 9.84 Å². The molecule has 0 heterocycles. The van der Waals surface area contributed by atoms with Crippen molar-refractivity contribution in [3.05, 3.63) is 0 Å². The molecule has 0 rings (SSSR count). The number of halogens is 1. The van der Waals surface area contributed by atoms with Crippen LogP contribution >= 0.6 is 0 Å². The Morgan fingerprint density at radius 1 is 1.38 bits per heavy atom. The van der Waals surface area contributed by atoms with Gasteiger partial charge in [-0.25, -0.2) is 12.8 Å². The summed E-state index contributed by atoms with van der Waals surface area (Å²) >= 11 is 0. The van der Waals surface area contributed by atoms with E-state index >= 15 is 0 Å². The first-order valence-corrected chi connectivity index (χ1v) is 6.24. The lowest BCUT2D eigenvalue weighted by atomic mass is 10.1. The summed E-state index contributed by atoms with van der Waals surface area (Å²) in [5.74, 6) is 0.0265. The summed E-state index contributed by atoms with van der Waals surface area (Å²) in [6.07, 6.45) is 0.569. The van der Waals surface area contributed by atoms with E-state index in [1.807, 2.05) is 0 Å². The number of nitrogens with two attached hydrogens (primary N) is 1. The fraction of sp³-hybridized carbons (Fsp3) is 1.00. The van der Waals surface area contributed by atoms with E-state index in [1.165, 1.54) is 6.92 Å². The molecule has 0 aliphatic rings. The quantitative estimate of drug-likeness (QED) is 0.709. The van der Waals surface area contributed by atoms with Crippen molar-refractivity contribution < 1.29 is 12.8 Å². The van der Waals surface area contributed by atoms with Gasteiger partial charge in [-0.2, -0.15) is 0 Å². The lowest BCUT2D eigenvalue weighted by Crippen LogP contribution is -2.32. The number of alkyl halides is 1. The van der Waals surface area contributed by atoms with E-state index in [0.717, 1.165) is 0 Å². The fourth-order valence-electron chi connectivity index (χ4n) is 0.883. The monoisotopic (exact) mass is 211 g/mol. The van der Waals surface area contributed by atoms with Crippen LogP contribution in [-0.2, 0) is 9.84 Å². The molecule has 2 N–H and O–H groups in total. The average molecular weight is 211 g/mol. The summed E-state index contributed by atoms with van der Waals surface area (Å²) in [5.41, 5.74) is 3.59. The van der Waals surface area contributed by atoms with Crippen LogP contribution in [-0.4, -0.2) is 32.1 Å². The predicted octanol–water partition coefficient (Wildman–Crippen LogP) is 0.888. The SMILES string of the molecule is CCCS(=O)(=O)CCC(C)(F)CN. The molecule has 13 heavy (non-hydrogen) atoms. The highest BCUT2D eigenvalue weighted by atomic mass is 32.2. The Kier molecular flexibility index (Phi) is 4.85. The summed E-state index contributed by atoms with van der Waals surface area (Å²) in [6, 6.07) is 0. The molecule has 0 radical (unpaired) electrons. The van der Waals surface area contributed by atoms with E-state index in [1.54, 1.807) is 6.92 Å². The molecule has 0 spiro atoms. The molecule has 0 saturated heterocycles. The highest BCUT2D eigenvalue weighted by molar-refractivity contribution is 7.91. The van der Waals surface area contributed by atoms with Gasteiger partial charge < -0.3 is 5.73 Å². The number of sulfone groups is 1. The highest BCUT2D eigenvalue weighted by Gasteiger charge is 2.23. The van der Waals surface area contributed by atoms with Gasteiger partial charge in [0, 0.05) is 12.3 Å². The van der Waals surface area contributed by atoms with Gasteiger partial charge in [0.1, 0.15) is 15.5 Å². The second-order valence-corrected chi connectivity index (χ2v) is 5.82. The normalized spacial score (nSPS) is 16.9. The summed E-state index contributed by atoms with van der Waals surface area (Å²) in [7, 11) is -3.07. The second-order valence-electron chi connectivity index (χ2n) is 3.52. The molecular weight excluding hydrogens is 193 g/mol. The third kappa shape index (κ3) is 5.99. The van der Waals surface area contributed by atoms with E-state index in [0.29, 0.717) is 6.42 Å². The molecule has 0 bridgehead atoms. The van der Waals surface area contributed by atoms with Gasteiger partial charge in [-0.05, 0) is 19.8 Å². The molecule has 0 aromatic heterocycles. The summed E-state index contributed by atoms with van der Waals surface area (Å²) in [4.78, 5) is 0. The highest BCUT2D eigenvalue weighted by Crippen LogP contribution is 2.14. The molecule has 5 heteroatoms. The van der Waals surface area contributed by atoms with Gasteiger partial charge in [-0.1, -0.05) is 6.92 Å². The minimum atomic E-state index is -3.07. The number of hydrogen-bond acceptors (Lipinski definition) is 3. The lowest BCUT2D eigenvalue weighted by molar-refractivity contribution is 0.194. The van der Waals surface area contributed by atoms with Crippen molar-refractivity contribution in [1.29, 1.82) is 0 Å². The molecule has 0 aromatic rings. The maximum absolute atomic E-state index is 13.2. The third-order valence-electron chi connectivity index (χ3n) is 1.88. The standard InChI is InChI=1S/C8H18FNO2S/c1-3-5-13(11,12)6-4-8(2,9)7-10/h3-7,10H2,1-2H3. The molecular formula is C8H18FNO2S. The van der Waals surface area contributed by atoms with Gasteiger partial charge in [-0.3, -0.25) is 0 Å². The van der Waals surface area contributed by atoms with Crippen LogP contribution in [0.4, 0.5) is 4.39 Å². The van der Waals surface area contributed by atoms with Crippen molar-refractivity contribution in [2.24, 2.45) is 5.73 Å². The van der Waals surface area contributed by atoms with Crippen LogP contribution < -0.4 is 5.73 Å². The first-order chi connectivity index (χ1) is 5.83. The van der Waals surface area contributed by atoms with E-state index in [4.69, 9.17) is 5.73 Å². The maximum atomic E-state index is 13.2. The van der Waals surface area contributed by atoms with Gasteiger partial charge in [0.2, 0.25) is 0 Å². The Labute approximate surface area is 79.4 Å². The Bertz CT molecular complexity index is 237. The predicted molar refractivity (Wildman–Crippen MR) is 52.1 cm³/mol. The zero-order valence-electron chi connectivity index (χ0n) is 8.22. The minimum absolute atomic E-state index is 0.00810. The summed E-state index contributed by atoms with van der Waals surface area (Å²) < 4.78 is 35.6. The molecule has 0 aromatic carbocycles. The van der Waals surface area contributed by atoms with Crippen LogP contribution in [0, 0.1) is 0 Å². The minimum Gasteiger partial charge on any atom is -0.328 e. The number of rotatable bonds is 6. The Morgan fingerprint density at radius 3 is 2.31 bits per heavy atom. The van der Waals surface area contributed by atoms with Crippen LogP contribution in [0.15, 0.2) is 0 Å². The largest absolute Gasteiger partial charge is 0.328 e. The van der Waals surface area contributed by atoms with Crippen LogP contribution in [0.3, 0.4) is 0 Å². The smallest absolute Gasteiger partial charge is 0.150 e. The molecule has 0 aliphatic heterocycles. The van der Waals surface area contributed by atoms with Crippen molar-refractivity contribution in [3.63, 3.8) is 0 Å². The Hall–Kier alpha value is -0.160. The van der Waals surface area contributed by atoms with Gasteiger partial charge in [0.05, 0.1) is 5.75 Å². The molecule has 1 atom stereocenters. The van der Waals surface area contributed by atoms with Crippen LogP contribution in [0.25, 0.3) is 0 Å². The van der Waals surface area contributed by atoms with Gasteiger partial charge in [-0.15, -0.1) is 0 Å². The zero-order valence-corrected chi connectivity index (χ0v) is 9.03. The van der Waals surface area contributed by atoms with E-state index in [-0.39, 0.29) is 24.5 Å². The molecule has 80 valence electrons. The second kappa shape index (κ2) is 4.91. The molecule has 0 saturated carbocycles. The average Bonchev–Trinajstić information content (AvgIpc) is 2.02. The topological polar surface area (TPSA) is 60.2 Å². The van der Waals surface area contributed by atoms with Gasteiger partial charge in [0.25, 0.3) is 0 Å². The lowest BCUT2D eigenvalue weighted by Gasteiger charge is -2.17. The fourth-order valence-corrected chi connectivity index (χ4v) is 2.45. The number of hydrogen-bond donors (Lipinski definition) is 1. The third-order valence-corrected chi connectivity index (χ3v) is 3.73. The maximum Gasteiger partial charge on any atom is 0.150 e.